The highest BCUT2D eigenvalue weighted by Gasteiger charge is 2.37. The number of carboxylic acid groups (broad SMARTS) is 1. The number of aliphatic hydroxyl groups excluding tert-OH is 1. The van der Waals surface area contributed by atoms with Crippen LogP contribution in [0.3, 0.4) is 0 Å². The number of aliphatic hydroxyl groups is 1. The lowest BCUT2D eigenvalue weighted by Crippen LogP contribution is -2.28. The fourth-order valence-electron chi connectivity index (χ4n) is 2.06. The van der Waals surface area contributed by atoms with E-state index >= 15 is 0 Å². The molecule has 0 radical (unpaired) electrons. The van der Waals surface area contributed by atoms with E-state index in [1.54, 1.807) is 6.07 Å². The number of anilines is 1. The normalized spacial score (nSPS) is 26.9. The van der Waals surface area contributed by atoms with Gasteiger partial charge in [-0.1, -0.05) is 0 Å². The number of methoxy groups -OCH3 is 1. The fourth-order valence-corrected chi connectivity index (χ4v) is 2.06. The molecule has 18 heavy (non-hydrogen) atoms. The highest BCUT2D eigenvalue weighted by Crippen LogP contribution is 2.28. The summed E-state index contributed by atoms with van der Waals surface area (Å²) in [7, 11) is 1.50. The number of nitrogens with zero attached hydrogens (tertiary/aromatic N) is 2. The first-order valence-electron chi connectivity index (χ1n) is 5.64. The molecule has 0 amide bonds. The molecule has 0 aromatic carbocycles. The van der Waals surface area contributed by atoms with Gasteiger partial charge in [0, 0.05) is 12.3 Å². The van der Waals surface area contributed by atoms with Crippen LogP contribution >= 0.6 is 0 Å². The number of nitrogens with one attached hydrogen (secondary N) is 1. The number of aliphatic carboxylic acids is 1. The number of hydrogen-bond donors (Lipinski definition) is 3. The Hall–Kier alpha value is -1.89. The molecule has 0 saturated heterocycles. The molecular formula is C11H15N3O4. The first-order valence-corrected chi connectivity index (χ1v) is 5.64. The Bertz CT molecular complexity index is 440. The molecule has 1 aromatic heterocycles. The van der Waals surface area contributed by atoms with Crippen LogP contribution in [0.15, 0.2) is 12.3 Å². The summed E-state index contributed by atoms with van der Waals surface area (Å²) < 4.78 is 4.96. The van der Waals surface area contributed by atoms with Crippen molar-refractivity contribution in [1.29, 1.82) is 0 Å². The van der Waals surface area contributed by atoms with E-state index in [-0.39, 0.29) is 12.5 Å². The Balaban J connectivity index is 2.03. The number of ether oxygens (including phenoxy) is 1. The van der Waals surface area contributed by atoms with E-state index in [0.29, 0.717) is 18.2 Å². The van der Waals surface area contributed by atoms with Crippen molar-refractivity contribution in [2.24, 2.45) is 5.92 Å². The van der Waals surface area contributed by atoms with E-state index in [0.717, 1.165) is 0 Å². The van der Waals surface area contributed by atoms with Crippen molar-refractivity contribution in [2.45, 2.75) is 25.0 Å². The number of carbonyl (C=O) groups is 1. The van der Waals surface area contributed by atoms with Gasteiger partial charge in [-0.25, -0.2) is 4.98 Å². The van der Waals surface area contributed by atoms with E-state index in [9.17, 15) is 9.90 Å². The Morgan fingerprint density at radius 2 is 2.33 bits per heavy atom. The summed E-state index contributed by atoms with van der Waals surface area (Å²) in [6.45, 7) is 0. The predicted molar refractivity (Wildman–Crippen MR) is 62.4 cm³/mol. The molecule has 1 aromatic rings. The number of rotatable bonds is 4. The van der Waals surface area contributed by atoms with Gasteiger partial charge in [-0.3, -0.25) is 4.79 Å². The van der Waals surface area contributed by atoms with Gasteiger partial charge in [-0.15, -0.1) is 0 Å². The average molecular weight is 253 g/mol. The highest BCUT2D eigenvalue weighted by atomic mass is 16.5. The van der Waals surface area contributed by atoms with Gasteiger partial charge in [0.25, 0.3) is 0 Å². The predicted octanol–water partition coefficient (Wildman–Crippen LogP) is 0.121. The third-order valence-electron chi connectivity index (χ3n) is 3.03. The Kier molecular flexibility index (Phi) is 3.61. The summed E-state index contributed by atoms with van der Waals surface area (Å²) in [5.41, 5.74) is 0. The van der Waals surface area contributed by atoms with Gasteiger partial charge in [-0.05, 0) is 12.8 Å². The second-order valence-corrected chi connectivity index (χ2v) is 4.25. The maximum Gasteiger partial charge on any atom is 0.306 e. The SMILES string of the molecule is COc1ccnc(NC2CC(C(=O)O)CC2O)n1. The largest absolute Gasteiger partial charge is 0.481 e. The van der Waals surface area contributed by atoms with Crippen molar-refractivity contribution in [3.05, 3.63) is 12.3 Å². The topological polar surface area (TPSA) is 105 Å². The van der Waals surface area contributed by atoms with Crippen LogP contribution in [0.25, 0.3) is 0 Å². The summed E-state index contributed by atoms with van der Waals surface area (Å²) in [6.07, 6.45) is 1.43. The summed E-state index contributed by atoms with van der Waals surface area (Å²) in [6, 6.07) is 1.26. The zero-order valence-electron chi connectivity index (χ0n) is 9.91. The quantitative estimate of drug-likeness (QED) is 0.700. The molecule has 1 aliphatic rings. The van der Waals surface area contributed by atoms with E-state index in [4.69, 9.17) is 9.84 Å². The third-order valence-corrected chi connectivity index (χ3v) is 3.03. The molecule has 1 heterocycles. The zero-order valence-corrected chi connectivity index (χ0v) is 9.91. The van der Waals surface area contributed by atoms with Crippen molar-refractivity contribution >= 4 is 11.9 Å². The van der Waals surface area contributed by atoms with Crippen molar-refractivity contribution < 1.29 is 19.7 Å². The second kappa shape index (κ2) is 5.18. The molecule has 1 saturated carbocycles. The van der Waals surface area contributed by atoms with Crippen LogP contribution in [0.4, 0.5) is 5.95 Å². The van der Waals surface area contributed by atoms with Crippen LogP contribution in [-0.4, -0.2) is 45.4 Å². The molecule has 98 valence electrons. The number of aromatic nitrogens is 2. The van der Waals surface area contributed by atoms with Crippen LogP contribution in [0.5, 0.6) is 5.88 Å². The van der Waals surface area contributed by atoms with Crippen LogP contribution in [0.2, 0.25) is 0 Å². The Labute approximate surface area is 104 Å². The monoisotopic (exact) mass is 253 g/mol. The summed E-state index contributed by atoms with van der Waals surface area (Å²) in [4.78, 5) is 18.9. The lowest BCUT2D eigenvalue weighted by molar-refractivity contribution is -0.141. The average Bonchev–Trinajstić information content (AvgIpc) is 2.71. The Morgan fingerprint density at radius 1 is 1.56 bits per heavy atom. The molecular weight excluding hydrogens is 238 g/mol. The van der Waals surface area contributed by atoms with E-state index < -0.39 is 18.0 Å². The van der Waals surface area contributed by atoms with Crippen molar-refractivity contribution in [2.75, 3.05) is 12.4 Å². The van der Waals surface area contributed by atoms with Gasteiger partial charge in [0.15, 0.2) is 0 Å². The smallest absolute Gasteiger partial charge is 0.306 e. The molecule has 0 aliphatic heterocycles. The maximum atomic E-state index is 10.9. The first kappa shape index (κ1) is 12.6. The van der Waals surface area contributed by atoms with E-state index in [1.807, 2.05) is 0 Å². The van der Waals surface area contributed by atoms with Crippen molar-refractivity contribution in [3.63, 3.8) is 0 Å². The Morgan fingerprint density at radius 3 is 2.94 bits per heavy atom. The maximum absolute atomic E-state index is 10.9. The number of carboxylic acids is 1. The van der Waals surface area contributed by atoms with Crippen LogP contribution in [-0.2, 0) is 4.79 Å². The molecule has 1 aliphatic carbocycles. The van der Waals surface area contributed by atoms with Gasteiger partial charge in [0.1, 0.15) is 0 Å². The van der Waals surface area contributed by atoms with Gasteiger partial charge >= 0.3 is 5.97 Å². The molecule has 2 rings (SSSR count). The molecule has 3 N–H and O–H groups in total. The summed E-state index contributed by atoms with van der Waals surface area (Å²) in [5, 5.41) is 21.6. The second-order valence-electron chi connectivity index (χ2n) is 4.25. The van der Waals surface area contributed by atoms with Gasteiger partial charge in [-0.2, -0.15) is 4.98 Å². The minimum atomic E-state index is -0.884. The van der Waals surface area contributed by atoms with Gasteiger partial charge in [0.2, 0.25) is 11.8 Å². The molecule has 0 spiro atoms. The lowest BCUT2D eigenvalue weighted by atomic mass is 10.1. The molecule has 7 nitrogen and oxygen atoms in total. The number of hydrogen-bond acceptors (Lipinski definition) is 6. The van der Waals surface area contributed by atoms with Crippen molar-refractivity contribution in [1.82, 2.24) is 9.97 Å². The van der Waals surface area contributed by atoms with Crippen LogP contribution in [0, 0.1) is 5.92 Å². The standard InChI is InChI=1S/C11H15N3O4/c1-18-9-2-3-12-11(14-9)13-7-4-6(10(16)17)5-8(7)15/h2-3,6-8,15H,4-5H2,1H3,(H,16,17)(H,12,13,14). The minimum Gasteiger partial charge on any atom is -0.481 e. The highest BCUT2D eigenvalue weighted by molar-refractivity contribution is 5.70. The molecule has 3 unspecified atom stereocenters. The van der Waals surface area contributed by atoms with E-state index in [2.05, 4.69) is 15.3 Å². The molecule has 0 bridgehead atoms. The van der Waals surface area contributed by atoms with Gasteiger partial charge < -0.3 is 20.3 Å². The molecule has 1 fully saturated rings. The first-order chi connectivity index (χ1) is 8.60. The van der Waals surface area contributed by atoms with Crippen molar-refractivity contribution in [3.8, 4) is 5.88 Å². The molecule has 3 atom stereocenters. The van der Waals surface area contributed by atoms with E-state index in [1.165, 1.54) is 13.3 Å². The van der Waals surface area contributed by atoms with Crippen LogP contribution < -0.4 is 10.1 Å². The van der Waals surface area contributed by atoms with Crippen LogP contribution in [0.1, 0.15) is 12.8 Å². The zero-order chi connectivity index (χ0) is 13.1. The minimum absolute atomic E-state index is 0.247. The van der Waals surface area contributed by atoms with Gasteiger partial charge in [0.05, 0.1) is 25.2 Å². The molecule has 7 heteroatoms. The lowest BCUT2D eigenvalue weighted by Gasteiger charge is -2.16. The third kappa shape index (κ3) is 2.67. The summed E-state index contributed by atoms with van der Waals surface area (Å²) in [5.74, 6) is -0.674. The summed E-state index contributed by atoms with van der Waals surface area (Å²) >= 11 is 0. The fraction of sp³-hybridized carbons (Fsp3) is 0.545.